The third-order valence-corrected chi connectivity index (χ3v) is 6.90. The Kier molecular flexibility index (Phi) is 7.28. The van der Waals surface area contributed by atoms with Crippen molar-refractivity contribution < 1.29 is 9.53 Å². The first kappa shape index (κ1) is 25.4. The summed E-state index contributed by atoms with van der Waals surface area (Å²) in [6.45, 7) is -0.153. The van der Waals surface area contributed by atoms with E-state index in [4.69, 9.17) is 9.72 Å². The van der Waals surface area contributed by atoms with Crippen LogP contribution < -0.4 is 10.2 Å². The number of pyridine rings is 2. The second-order valence-electron chi connectivity index (χ2n) is 9.14. The standard InChI is InChI=1S/C33H23BrN4O2/c34-26-11-15-31-29(18-26)28(23-5-2-1-3-6-23)19-32(37-31)24-9-12-27(13-10-24)40-21-33(39)38-36-20-22-8-14-30-25(17-22)7-4-16-35-30/h1-20H,21H2,(H,38,39). The zero-order chi connectivity index (χ0) is 27.3. The number of carbonyl (C=O) groups excluding carboxylic acids is 1. The predicted molar refractivity (Wildman–Crippen MR) is 163 cm³/mol. The predicted octanol–water partition coefficient (Wildman–Crippen LogP) is 7.41. The van der Waals surface area contributed by atoms with Gasteiger partial charge in [0.2, 0.25) is 0 Å². The van der Waals surface area contributed by atoms with Gasteiger partial charge in [-0.1, -0.05) is 58.4 Å². The number of benzene rings is 4. The average Bonchev–Trinajstić information content (AvgIpc) is 3.00. The van der Waals surface area contributed by atoms with Crippen LogP contribution in [0.1, 0.15) is 5.56 Å². The zero-order valence-corrected chi connectivity index (χ0v) is 22.9. The molecule has 0 aliphatic rings. The normalized spacial score (nSPS) is 11.2. The van der Waals surface area contributed by atoms with Gasteiger partial charge >= 0.3 is 0 Å². The molecule has 0 saturated heterocycles. The third kappa shape index (κ3) is 5.75. The molecular formula is C33H23BrN4O2. The van der Waals surface area contributed by atoms with Crippen LogP contribution in [0.3, 0.4) is 0 Å². The summed E-state index contributed by atoms with van der Waals surface area (Å²) in [7, 11) is 0. The van der Waals surface area contributed by atoms with Gasteiger partial charge in [0.1, 0.15) is 5.75 Å². The summed E-state index contributed by atoms with van der Waals surface area (Å²) in [5.41, 5.74) is 9.24. The maximum Gasteiger partial charge on any atom is 0.277 e. The summed E-state index contributed by atoms with van der Waals surface area (Å²) in [5, 5.41) is 6.13. The van der Waals surface area contributed by atoms with Crippen molar-refractivity contribution >= 4 is 49.9 Å². The Morgan fingerprint density at radius 1 is 0.850 bits per heavy atom. The van der Waals surface area contributed by atoms with Crippen LogP contribution in [0.5, 0.6) is 5.75 Å². The number of rotatable bonds is 7. The topological polar surface area (TPSA) is 76.5 Å². The molecule has 2 heterocycles. The highest BCUT2D eigenvalue weighted by molar-refractivity contribution is 9.10. The second kappa shape index (κ2) is 11.5. The van der Waals surface area contributed by atoms with E-state index in [1.807, 2.05) is 84.9 Å². The van der Waals surface area contributed by atoms with Gasteiger partial charge in [-0.15, -0.1) is 0 Å². The molecule has 0 radical (unpaired) electrons. The molecular weight excluding hydrogens is 564 g/mol. The van der Waals surface area contributed by atoms with Crippen molar-refractivity contribution in [3.05, 3.63) is 125 Å². The number of hydrogen-bond acceptors (Lipinski definition) is 5. The van der Waals surface area contributed by atoms with Crippen molar-refractivity contribution in [1.29, 1.82) is 0 Å². The zero-order valence-electron chi connectivity index (χ0n) is 21.3. The molecule has 0 aliphatic carbocycles. The number of ether oxygens (including phenoxy) is 1. The van der Waals surface area contributed by atoms with E-state index >= 15 is 0 Å². The fourth-order valence-corrected chi connectivity index (χ4v) is 4.82. The lowest BCUT2D eigenvalue weighted by Crippen LogP contribution is -2.24. The highest BCUT2D eigenvalue weighted by Crippen LogP contribution is 2.34. The number of nitrogens with one attached hydrogen (secondary N) is 1. The minimum Gasteiger partial charge on any atom is -0.484 e. The van der Waals surface area contributed by atoms with E-state index in [9.17, 15) is 4.79 Å². The monoisotopic (exact) mass is 586 g/mol. The molecule has 1 amide bonds. The summed E-state index contributed by atoms with van der Waals surface area (Å²) >= 11 is 3.59. The lowest BCUT2D eigenvalue weighted by Gasteiger charge is -2.11. The summed E-state index contributed by atoms with van der Waals surface area (Å²) in [5.74, 6) is 0.232. The molecule has 0 atom stereocenters. The lowest BCUT2D eigenvalue weighted by molar-refractivity contribution is -0.123. The Labute approximate surface area is 239 Å². The van der Waals surface area contributed by atoms with E-state index in [2.05, 4.69) is 55.7 Å². The smallest absolute Gasteiger partial charge is 0.277 e. The van der Waals surface area contributed by atoms with Crippen LogP contribution in [-0.4, -0.2) is 28.7 Å². The van der Waals surface area contributed by atoms with Crippen LogP contribution >= 0.6 is 15.9 Å². The fourth-order valence-electron chi connectivity index (χ4n) is 4.46. The van der Waals surface area contributed by atoms with E-state index in [-0.39, 0.29) is 12.5 Å². The number of halogens is 1. The van der Waals surface area contributed by atoms with Crippen molar-refractivity contribution in [2.24, 2.45) is 5.10 Å². The number of amides is 1. The maximum absolute atomic E-state index is 12.3. The van der Waals surface area contributed by atoms with Crippen molar-refractivity contribution in [3.63, 3.8) is 0 Å². The first-order valence-corrected chi connectivity index (χ1v) is 13.5. The molecule has 7 heteroatoms. The Balaban J connectivity index is 1.12. The quantitative estimate of drug-likeness (QED) is 0.156. The van der Waals surface area contributed by atoms with Gasteiger partial charge in [-0.2, -0.15) is 5.10 Å². The average molecular weight is 587 g/mol. The number of nitrogens with zero attached hydrogens (tertiary/aromatic N) is 3. The van der Waals surface area contributed by atoms with Crippen molar-refractivity contribution in [3.8, 4) is 28.1 Å². The van der Waals surface area contributed by atoms with Crippen LogP contribution in [0.25, 0.3) is 44.2 Å². The van der Waals surface area contributed by atoms with Gasteiger partial charge < -0.3 is 4.74 Å². The Morgan fingerprint density at radius 3 is 2.52 bits per heavy atom. The molecule has 6 rings (SSSR count). The number of hydrazone groups is 1. The molecule has 4 aromatic carbocycles. The molecule has 40 heavy (non-hydrogen) atoms. The molecule has 0 aliphatic heterocycles. The van der Waals surface area contributed by atoms with Gasteiger partial charge in [-0.25, -0.2) is 10.4 Å². The number of fused-ring (bicyclic) bond motifs is 2. The van der Waals surface area contributed by atoms with Crippen LogP contribution in [0.4, 0.5) is 0 Å². The molecule has 194 valence electrons. The second-order valence-corrected chi connectivity index (χ2v) is 10.1. The summed E-state index contributed by atoms with van der Waals surface area (Å²) in [4.78, 5) is 21.5. The van der Waals surface area contributed by atoms with Gasteiger partial charge in [-0.05, 0) is 83.4 Å². The van der Waals surface area contributed by atoms with Crippen molar-refractivity contribution in [2.75, 3.05) is 6.61 Å². The van der Waals surface area contributed by atoms with Crippen LogP contribution in [0, 0.1) is 0 Å². The van der Waals surface area contributed by atoms with E-state index in [1.165, 1.54) is 0 Å². The van der Waals surface area contributed by atoms with Gasteiger partial charge in [-0.3, -0.25) is 9.78 Å². The van der Waals surface area contributed by atoms with Gasteiger partial charge in [0.15, 0.2) is 6.61 Å². The summed E-state index contributed by atoms with van der Waals surface area (Å²) < 4.78 is 6.68. The van der Waals surface area contributed by atoms with E-state index in [0.29, 0.717) is 5.75 Å². The van der Waals surface area contributed by atoms with Crippen LogP contribution in [-0.2, 0) is 4.79 Å². The van der Waals surface area contributed by atoms with E-state index < -0.39 is 0 Å². The van der Waals surface area contributed by atoms with Gasteiger partial charge in [0.25, 0.3) is 5.91 Å². The molecule has 6 nitrogen and oxygen atoms in total. The van der Waals surface area contributed by atoms with Crippen molar-refractivity contribution in [2.45, 2.75) is 0 Å². The first-order chi connectivity index (χ1) is 19.6. The van der Waals surface area contributed by atoms with Crippen LogP contribution in [0.15, 0.2) is 125 Å². The summed E-state index contributed by atoms with van der Waals surface area (Å²) in [6, 6.07) is 35.7. The molecule has 0 bridgehead atoms. The van der Waals surface area contributed by atoms with E-state index in [1.54, 1.807) is 12.4 Å². The maximum atomic E-state index is 12.3. The van der Waals surface area contributed by atoms with Gasteiger partial charge in [0, 0.05) is 27.0 Å². The van der Waals surface area contributed by atoms with Crippen LogP contribution in [0.2, 0.25) is 0 Å². The fraction of sp³-hybridized carbons (Fsp3) is 0.0303. The SMILES string of the molecule is O=C(COc1ccc(-c2cc(-c3ccccc3)c3cc(Br)ccc3n2)cc1)NN=Cc1ccc2ncccc2c1. The minimum absolute atomic E-state index is 0.153. The molecule has 0 fully saturated rings. The number of carbonyl (C=O) groups is 1. The highest BCUT2D eigenvalue weighted by Gasteiger charge is 2.11. The van der Waals surface area contributed by atoms with Gasteiger partial charge in [0.05, 0.1) is 22.9 Å². The third-order valence-electron chi connectivity index (χ3n) is 6.41. The molecule has 0 spiro atoms. The largest absolute Gasteiger partial charge is 0.484 e. The Hall–Kier alpha value is -4.88. The highest BCUT2D eigenvalue weighted by atomic mass is 79.9. The number of aromatic nitrogens is 2. The molecule has 0 unspecified atom stereocenters. The minimum atomic E-state index is -0.349. The molecule has 6 aromatic rings. The first-order valence-electron chi connectivity index (χ1n) is 12.7. The number of hydrogen-bond donors (Lipinski definition) is 1. The Bertz CT molecular complexity index is 1860. The molecule has 1 N–H and O–H groups in total. The lowest BCUT2D eigenvalue weighted by atomic mass is 9.98. The Morgan fingerprint density at radius 2 is 1.68 bits per heavy atom. The van der Waals surface area contributed by atoms with Crippen molar-refractivity contribution in [1.82, 2.24) is 15.4 Å². The summed E-state index contributed by atoms with van der Waals surface area (Å²) in [6.07, 6.45) is 3.35. The molecule has 0 saturated carbocycles. The molecule has 2 aromatic heterocycles. The van der Waals surface area contributed by atoms with E-state index in [0.717, 1.165) is 54.2 Å².